The van der Waals surface area contributed by atoms with Crippen molar-refractivity contribution in [3.63, 3.8) is 0 Å². The van der Waals surface area contributed by atoms with E-state index in [2.05, 4.69) is 0 Å². The lowest BCUT2D eigenvalue weighted by Crippen LogP contribution is -2.07. The van der Waals surface area contributed by atoms with Crippen LogP contribution in [-0.4, -0.2) is 23.1 Å². The first kappa shape index (κ1) is 15.2. The molecule has 0 saturated heterocycles. The van der Waals surface area contributed by atoms with E-state index in [0.717, 1.165) is 11.1 Å². The normalized spacial score (nSPS) is 16.7. The van der Waals surface area contributed by atoms with Crippen LogP contribution in [0.5, 0.6) is 17.2 Å². The van der Waals surface area contributed by atoms with Gasteiger partial charge in [0, 0.05) is 11.5 Å². The number of allylic oxidation sites excluding steroid dienone is 1. The predicted molar refractivity (Wildman–Crippen MR) is 87.9 cm³/mol. The summed E-state index contributed by atoms with van der Waals surface area (Å²) in [6, 6.07) is 10.0. The average Bonchev–Trinajstić information content (AvgIpc) is 2.84. The Morgan fingerprint density at radius 1 is 1.22 bits per heavy atom. The van der Waals surface area contributed by atoms with E-state index in [1.54, 1.807) is 36.4 Å². The minimum Gasteiger partial charge on any atom is -0.508 e. The maximum Gasteiger partial charge on any atom is 0.166 e. The van der Waals surface area contributed by atoms with Gasteiger partial charge in [0.1, 0.15) is 5.75 Å². The Morgan fingerprint density at radius 3 is 2.83 bits per heavy atom. The van der Waals surface area contributed by atoms with Crippen LogP contribution in [0, 0.1) is 5.92 Å². The van der Waals surface area contributed by atoms with Crippen LogP contribution >= 0.6 is 0 Å². The van der Waals surface area contributed by atoms with Gasteiger partial charge < -0.3 is 14.9 Å². The van der Waals surface area contributed by atoms with Crippen molar-refractivity contribution in [1.29, 1.82) is 0 Å². The Labute approximate surface area is 134 Å². The summed E-state index contributed by atoms with van der Waals surface area (Å²) in [6.45, 7) is 0. The number of fused-ring (bicyclic) bond motifs is 1. The van der Waals surface area contributed by atoms with E-state index in [9.17, 15) is 15.0 Å². The molecule has 2 aromatic carbocycles. The molecule has 4 nitrogen and oxygen atoms in total. The highest BCUT2D eigenvalue weighted by Gasteiger charge is 2.29. The molecular weight excluding hydrogens is 292 g/mol. The number of ether oxygens (including phenoxy) is 1. The van der Waals surface area contributed by atoms with Crippen molar-refractivity contribution >= 4 is 11.9 Å². The summed E-state index contributed by atoms with van der Waals surface area (Å²) >= 11 is 0. The average molecular weight is 310 g/mol. The van der Waals surface area contributed by atoms with Gasteiger partial charge in [-0.05, 0) is 54.3 Å². The highest BCUT2D eigenvalue weighted by molar-refractivity contribution is 6.02. The Balaban J connectivity index is 1.69. The fraction of sp³-hybridized carbons (Fsp3) is 0.211. The lowest BCUT2D eigenvalue weighted by Gasteiger charge is -2.05. The molecule has 0 fully saturated rings. The van der Waals surface area contributed by atoms with Crippen molar-refractivity contribution in [2.45, 2.75) is 12.8 Å². The predicted octanol–water partition coefficient (Wildman–Crippen LogP) is 3.56. The summed E-state index contributed by atoms with van der Waals surface area (Å²) in [6.07, 6.45) is 5.17. The second kappa shape index (κ2) is 6.16. The van der Waals surface area contributed by atoms with Crippen LogP contribution in [0.25, 0.3) is 6.08 Å². The molecule has 118 valence electrons. The number of rotatable bonds is 4. The summed E-state index contributed by atoms with van der Waals surface area (Å²) in [5.41, 5.74) is 2.53. The number of Topliss-reactive ketones (excluding diaryl/α,β-unsaturated/α-hetero) is 1. The van der Waals surface area contributed by atoms with Gasteiger partial charge >= 0.3 is 0 Å². The molecule has 2 N–H and O–H groups in total. The van der Waals surface area contributed by atoms with E-state index in [4.69, 9.17) is 4.74 Å². The molecule has 0 bridgehead atoms. The molecular formula is C19H18O4. The summed E-state index contributed by atoms with van der Waals surface area (Å²) in [7, 11) is 1.51. The Bertz CT molecular complexity index is 777. The van der Waals surface area contributed by atoms with E-state index in [-0.39, 0.29) is 23.2 Å². The summed E-state index contributed by atoms with van der Waals surface area (Å²) in [5.74, 6) is 0.775. The minimum absolute atomic E-state index is 0.0814. The zero-order valence-corrected chi connectivity index (χ0v) is 12.8. The molecule has 2 aromatic rings. The van der Waals surface area contributed by atoms with Crippen LogP contribution in [0.2, 0.25) is 0 Å². The van der Waals surface area contributed by atoms with E-state index in [0.29, 0.717) is 24.2 Å². The number of phenols is 2. The van der Waals surface area contributed by atoms with Crippen LogP contribution < -0.4 is 4.74 Å². The third-order valence-corrected chi connectivity index (χ3v) is 4.13. The standard InChI is InChI=1S/C19H18O4/c1-23-18-9-12(5-8-17(18)21)3-2-4-13-10-14-11-15(20)6-7-16(14)19(13)22/h2-3,5-9,11,13,20-21H,4,10H2,1H3/b3-2+. The molecule has 0 spiro atoms. The molecule has 4 heteroatoms. The third kappa shape index (κ3) is 3.06. The van der Waals surface area contributed by atoms with E-state index in [1.165, 1.54) is 7.11 Å². The van der Waals surface area contributed by atoms with Crippen molar-refractivity contribution in [3.05, 3.63) is 59.2 Å². The number of aromatic hydroxyl groups is 2. The Hall–Kier alpha value is -2.75. The van der Waals surface area contributed by atoms with Gasteiger partial charge in [0.05, 0.1) is 7.11 Å². The molecule has 3 rings (SSSR count). The van der Waals surface area contributed by atoms with Gasteiger partial charge in [0.2, 0.25) is 0 Å². The first-order valence-corrected chi connectivity index (χ1v) is 7.48. The zero-order valence-electron chi connectivity index (χ0n) is 12.8. The molecule has 0 heterocycles. The molecule has 1 aliphatic rings. The van der Waals surface area contributed by atoms with Crippen LogP contribution in [-0.2, 0) is 6.42 Å². The van der Waals surface area contributed by atoms with Gasteiger partial charge in [-0.25, -0.2) is 0 Å². The van der Waals surface area contributed by atoms with Crippen LogP contribution in [0.4, 0.5) is 0 Å². The highest BCUT2D eigenvalue weighted by atomic mass is 16.5. The fourth-order valence-corrected chi connectivity index (χ4v) is 2.92. The summed E-state index contributed by atoms with van der Waals surface area (Å²) in [5, 5.41) is 19.1. The lowest BCUT2D eigenvalue weighted by molar-refractivity contribution is 0.0938. The number of benzene rings is 2. The van der Waals surface area contributed by atoms with Crippen molar-refractivity contribution < 1.29 is 19.7 Å². The van der Waals surface area contributed by atoms with Gasteiger partial charge in [-0.2, -0.15) is 0 Å². The Morgan fingerprint density at radius 2 is 2.04 bits per heavy atom. The lowest BCUT2D eigenvalue weighted by atomic mass is 10.0. The van der Waals surface area contributed by atoms with Gasteiger partial charge in [0.25, 0.3) is 0 Å². The van der Waals surface area contributed by atoms with E-state index >= 15 is 0 Å². The fourth-order valence-electron chi connectivity index (χ4n) is 2.92. The molecule has 1 atom stereocenters. The van der Waals surface area contributed by atoms with Crippen molar-refractivity contribution in [2.75, 3.05) is 7.11 Å². The van der Waals surface area contributed by atoms with Gasteiger partial charge in [-0.3, -0.25) is 4.79 Å². The summed E-state index contributed by atoms with van der Waals surface area (Å²) in [4.78, 5) is 12.3. The second-order valence-electron chi connectivity index (χ2n) is 5.68. The van der Waals surface area contributed by atoms with Gasteiger partial charge in [-0.1, -0.05) is 18.2 Å². The van der Waals surface area contributed by atoms with Crippen LogP contribution in [0.3, 0.4) is 0 Å². The number of hydrogen-bond acceptors (Lipinski definition) is 4. The molecule has 1 unspecified atom stereocenters. The molecule has 0 aliphatic heterocycles. The van der Waals surface area contributed by atoms with Gasteiger partial charge in [0.15, 0.2) is 17.3 Å². The zero-order chi connectivity index (χ0) is 16.4. The largest absolute Gasteiger partial charge is 0.508 e. The number of ketones is 1. The number of carbonyl (C=O) groups is 1. The molecule has 0 amide bonds. The van der Waals surface area contributed by atoms with Crippen LogP contribution in [0.1, 0.15) is 27.9 Å². The number of methoxy groups -OCH3 is 1. The highest BCUT2D eigenvalue weighted by Crippen LogP contribution is 2.32. The SMILES string of the molecule is COc1cc(/C=C/CC2Cc3cc(O)ccc3C2=O)ccc1O. The van der Waals surface area contributed by atoms with E-state index < -0.39 is 0 Å². The van der Waals surface area contributed by atoms with Crippen molar-refractivity contribution in [2.24, 2.45) is 5.92 Å². The first-order valence-electron chi connectivity index (χ1n) is 7.48. The quantitative estimate of drug-likeness (QED) is 0.906. The van der Waals surface area contributed by atoms with Crippen molar-refractivity contribution in [3.8, 4) is 17.2 Å². The molecule has 23 heavy (non-hydrogen) atoms. The first-order chi connectivity index (χ1) is 11.1. The molecule has 1 aliphatic carbocycles. The molecule has 0 aromatic heterocycles. The van der Waals surface area contributed by atoms with Gasteiger partial charge in [-0.15, -0.1) is 0 Å². The second-order valence-corrected chi connectivity index (χ2v) is 5.68. The minimum atomic E-state index is -0.0814. The molecule has 0 saturated carbocycles. The number of phenolic OH excluding ortho intramolecular Hbond substituents is 2. The maximum atomic E-state index is 12.3. The third-order valence-electron chi connectivity index (χ3n) is 4.13. The van der Waals surface area contributed by atoms with Crippen LogP contribution in [0.15, 0.2) is 42.5 Å². The number of carbonyl (C=O) groups excluding carboxylic acids is 1. The topological polar surface area (TPSA) is 66.8 Å². The maximum absolute atomic E-state index is 12.3. The Kier molecular flexibility index (Phi) is 4.06. The monoisotopic (exact) mass is 310 g/mol. The van der Waals surface area contributed by atoms with E-state index in [1.807, 2.05) is 12.2 Å². The summed E-state index contributed by atoms with van der Waals surface area (Å²) < 4.78 is 5.07. The molecule has 0 radical (unpaired) electrons. The number of hydrogen-bond donors (Lipinski definition) is 2. The van der Waals surface area contributed by atoms with Crippen molar-refractivity contribution in [1.82, 2.24) is 0 Å². The smallest absolute Gasteiger partial charge is 0.166 e.